The van der Waals surface area contributed by atoms with E-state index in [2.05, 4.69) is 4.98 Å². The predicted molar refractivity (Wildman–Crippen MR) is 70.1 cm³/mol. The molecule has 1 atom stereocenters. The van der Waals surface area contributed by atoms with E-state index in [0.29, 0.717) is 11.1 Å². The number of carbonyl (C=O) groups excluding carboxylic acids is 2. The molecule has 1 saturated heterocycles. The Balaban J connectivity index is 2.19. The maximum Gasteiger partial charge on any atom is 0.275 e. The highest BCUT2D eigenvalue weighted by Gasteiger charge is 2.40. The maximum absolute atomic E-state index is 12.0. The van der Waals surface area contributed by atoms with Crippen molar-refractivity contribution in [1.29, 1.82) is 0 Å². The van der Waals surface area contributed by atoms with Crippen LogP contribution < -0.4 is 0 Å². The van der Waals surface area contributed by atoms with Gasteiger partial charge in [-0.1, -0.05) is 0 Å². The van der Waals surface area contributed by atoms with Gasteiger partial charge in [-0.05, 0) is 12.1 Å². The summed E-state index contributed by atoms with van der Waals surface area (Å²) in [6.45, 7) is 0. The summed E-state index contributed by atoms with van der Waals surface area (Å²) < 4.78 is 0. The quantitative estimate of drug-likeness (QED) is 0.510. The van der Waals surface area contributed by atoms with Crippen molar-refractivity contribution in [3.8, 4) is 0 Å². The lowest BCUT2D eigenvalue weighted by molar-refractivity contribution is -0.385. The van der Waals surface area contributed by atoms with E-state index in [4.69, 9.17) is 0 Å². The number of amides is 2. The first-order valence-electron chi connectivity index (χ1n) is 6.05. The van der Waals surface area contributed by atoms with E-state index in [-0.39, 0.29) is 18.0 Å². The molecule has 7 nitrogen and oxygen atoms in total. The van der Waals surface area contributed by atoms with Gasteiger partial charge in [0.25, 0.3) is 5.69 Å². The van der Waals surface area contributed by atoms with Crippen molar-refractivity contribution in [3.05, 3.63) is 40.1 Å². The molecule has 3 rings (SSSR count). The van der Waals surface area contributed by atoms with E-state index in [9.17, 15) is 19.7 Å². The molecule has 1 N–H and O–H groups in total. The number of hydrogen-bond donors (Lipinski definition) is 1. The highest BCUT2D eigenvalue weighted by molar-refractivity contribution is 6.06. The Bertz CT molecular complexity index is 749. The summed E-state index contributed by atoms with van der Waals surface area (Å²) >= 11 is 0. The fourth-order valence-corrected chi connectivity index (χ4v) is 2.54. The summed E-state index contributed by atoms with van der Waals surface area (Å²) in [6, 6.07) is 4.78. The van der Waals surface area contributed by atoms with Gasteiger partial charge in [0, 0.05) is 36.7 Å². The lowest BCUT2D eigenvalue weighted by Crippen LogP contribution is -2.25. The molecule has 7 heteroatoms. The van der Waals surface area contributed by atoms with Crippen LogP contribution in [0.25, 0.3) is 10.9 Å². The number of aromatic nitrogens is 1. The van der Waals surface area contributed by atoms with Gasteiger partial charge in [-0.25, -0.2) is 0 Å². The molecule has 0 spiro atoms. The molecule has 102 valence electrons. The smallest absolute Gasteiger partial charge is 0.275 e. The van der Waals surface area contributed by atoms with Gasteiger partial charge >= 0.3 is 0 Å². The Labute approximate surface area is 113 Å². The van der Waals surface area contributed by atoms with Crippen molar-refractivity contribution in [2.75, 3.05) is 7.05 Å². The first kappa shape index (κ1) is 12.3. The zero-order valence-electron chi connectivity index (χ0n) is 10.6. The third kappa shape index (κ3) is 1.67. The van der Waals surface area contributed by atoms with Crippen molar-refractivity contribution in [2.45, 2.75) is 12.3 Å². The van der Waals surface area contributed by atoms with E-state index in [1.165, 1.54) is 13.1 Å². The maximum atomic E-state index is 12.0. The molecule has 2 aromatic rings. The molecule has 0 saturated carbocycles. The topological polar surface area (TPSA) is 96.3 Å². The third-order valence-corrected chi connectivity index (χ3v) is 3.65. The van der Waals surface area contributed by atoms with Crippen LogP contribution in [0.5, 0.6) is 0 Å². The number of aromatic amines is 1. The molecule has 1 aromatic carbocycles. The van der Waals surface area contributed by atoms with Gasteiger partial charge in [0.05, 0.1) is 16.4 Å². The number of nitro groups is 1. The number of benzene rings is 1. The van der Waals surface area contributed by atoms with Gasteiger partial charge in [0.15, 0.2) is 0 Å². The Hall–Kier alpha value is -2.70. The van der Waals surface area contributed by atoms with Crippen LogP contribution in [0.1, 0.15) is 17.9 Å². The summed E-state index contributed by atoms with van der Waals surface area (Å²) in [5.74, 6) is -1.48. The summed E-state index contributed by atoms with van der Waals surface area (Å²) in [6.07, 6.45) is 1.65. The molecule has 0 radical (unpaired) electrons. The number of rotatable bonds is 2. The van der Waals surface area contributed by atoms with Crippen LogP contribution in [0.15, 0.2) is 24.4 Å². The molecule has 1 aliphatic heterocycles. The van der Waals surface area contributed by atoms with Crippen LogP contribution in [0.2, 0.25) is 0 Å². The molecule has 1 unspecified atom stereocenters. The van der Waals surface area contributed by atoms with Crippen molar-refractivity contribution in [1.82, 2.24) is 9.88 Å². The second-order valence-electron chi connectivity index (χ2n) is 4.78. The zero-order valence-corrected chi connectivity index (χ0v) is 10.6. The minimum absolute atomic E-state index is 0.0217. The van der Waals surface area contributed by atoms with Gasteiger partial charge in [-0.2, -0.15) is 0 Å². The number of H-pyrrole nitrogens is 1. The highest BCUT2D eigenvalue weighted by atomic mass is 16.6. The van der Waals surface area contributed by atoms with Gasteiger partial charge in [-0.15, -0.1) is 0 Å². The number of nitrogens with one attached hydrogen (secondary N) is 1. The molecule has 2 heterocycles. The van der Waals surface area contributed by atoms with Gasteiger partial charge in [0.2, 0.25) is 11.8 Å². The fourth-order valence-electron chi connectivity index (χ4n) is 2.54. The van der Waals surface area contributed by atoms with Crippen LogP contribution in [0.3, 0.4) is 0 Å². The first-order chi connectivity index (χ1) is 9.49. The summed E-state index contributed by atoms with van der Waals surface area (Å²) in [5, 5.41) is 12.0. The average molecular weight is 273 g/mol. The SMILES string of the molecule is CN1C(=O)CC(c2cc3cc[nH]c3cc2[N+](=O)[O-])C1=O. The number of hydrogen-bond acceptors (Lipinski definition) is 4. The van der Waals surface area contributed by atoms with E-state index in [0.717, 1.165) is 10.3 Å². The molecule has 1 fully saturated rings. The first-order valence-corrected chi connectivity index (χ1v) is 6.05. The molecule has 20 heavy (non-hydrogen) atoms. The molecule has 0 bridgehead atoms. The van der Waals surface area contributed by atoms with Crippen LogP contribution in [-0.2, 0) is 9.59 Å². The zero-order chi connectivity index (χ0) is 14.4. The second-order valence-corrected chi connectivity index (χ2v) is 4.78. The standard InChI is InChI=1S/C13H11N3O4/c1-15-12(17)5-9(13(15)18)8-4-7-2-3-14-10(7)6-11(8)16(19)20/h2-4,6,9,14H,5H2,1H3. The Morgan fingerprint density at radius 2 is 2.15 bits per heavy atom. The summed E-state index contributed by atoms with van der Waals surface area (Å²) in [5.41, 5.74) is 0.789. The third-order valence-electron chi connectivity index (χ3n) is 3.65. The van der Waals surface area contributed by atoms with Crippen LogP contribution in [0, 0.1) is 10.1 Å². The molecule has 0 aliphatic carbocycles. The van der Waals surface area contributed by atoms with Crippen molar-refractivity contribution in [3.63, 3.8) is 0 Å². The lowest BCUT2D eigenvalue weighted by Gasteiger charge is -2.10. The van der Waals surface area contributed by atoms with Crippen molar-refractivity contribution in [2.24, 2.45) is 0 Å². The Kier molecular flexibility index (Phi) is 2.56. The Morgan fingerprint density at radius 3 is 2.75 bits per heavy atom. The van der Waals surface area contributed by atoms with Crippen LogP contribution in [0.4, 0.5) is 5.69 Å². The van der Waals surface area contributed by atoms with Crippen LogP contribution >= 0.6 is 0 Å². The number of imide groups is 1. The molecule has 1 aromatic heterocycles. The van der Waals surface area contributed by atoms with E-state index >= 15 is 0 Å². The molecular weight excluding hydrogens is 262 g/mol. The van der Waals surface area contributed by atoms with E-state index < -0.39 is 16.7 Å². The summed E-state index contributed by atoms with van der Waals surface area (Å²) in [4.78, 5) is 38.2. The number of likely N-dealkylation sites (N-methyl/N-ethyl adjacent to an activating group) is 1. The summed E-state index contributed by atoms with van der Waals surface area (Å²) in [7, 11) is 1.39. The molecule has 2 amide bonds. The van der Waals surface area contributed by atoms with Crippen molar-refractivity contribution < 1.29 is 14.5 Å². The number of fused-ring (bicyclic) bond motifs is 1. The lowest BCUT2D eigenvalue weighted by atomic mass is 9.94. The molecular formula is C13H11N3O4. The monoisotopic (exact) mass is 273 g/mol. The minimum atomic E-state index is -0.771. The number of carbonyl (C=O) groups is 2. The average Bonchev–Trinajstić information content (AvgIpc) is 2.97. The van der Waals surface area contributed by atoms with Crippen LogP contribution in [-0.4, -0.2) is 33.7 Å². The molecule has 1 aliphatic rings. The van der Waals surface area contributed by atoms with Gasteiger partial charge in [0.1, 0.15) is 0 Å². The second kappa shape index (κ2) is 4.16. The number of nitro benzene ring substituents is 1. The van der Waals surface area contributed by atoms with Gasteiger partial charge < -0.3 is 4.98 Å². The predicted octanol–water partition coefficient (Wildman–Crippen LogP) is 1.55. The fraction of sp³-hybridized carbons (Fsp3) is 0.231. The highest BCUT2D eigenvalue weighted by Crippen LogP contribution is 2.36. The van der Waals surface area contributed by atoms with Crippen molar-refractivity contribution >= 4 is 28.4 Å². The number of likely N-dealkylation sites (tertiary alicyclic amines) is 1. The largest absolute Gasteiger partial charge is 0.361 e. The Morgan fingerprint density at radius 1 is 1.40 bits per heavy atom. The minimum Gasteiger partial charge on any atom is -0.361 e. The van der Waals surface area contributed by atoms with E-state index in [1.54, 1.807) is 18.3 Å². The van der Waals surface area contributed by atoms with Gasteiger partial charge in [-0.3, -0.25) is 24.6 Å². The number of nitrogens with zero attached hydrogens (tertiary/aromatic N) is 2. The normalized spacial score (nSPS) is 19.1. The van der Waals surface area contributed by atoms with E-state index in [1.807, 2.05) is 0 Å².